The molecular formula is C31H26ClN3O5S. The zero-order valence-electron chi connectivity index (χ0n) is 21.9. The Morgan fingerprint density at radius 1 is 0.902 bits per heavy atom. The minimum absolute atomic E-state index is 0.0324. The zero-order chi connectivity index (χ0) is 28.6. The Hall–Kier alpha value is -4.34. The van der Waals surface area contributed by atoms with E-state index in [0.717, 1.165) is 11.1 Å². The Bertz CT molecular complexity index is 1730. The molecule has 0 unspecified atom stereocenters. The summed E-state index contributed by atoms with van der Waals surface area (Å²) in [7, 11) is -3.79. The van der Waals surface area contributed by atoms with E-state index in [1.807, 2.05) is 30.3 Å². The van der Waals surface area contributed by atoms with Gasteiger partial charge >= 0.3 is 0 Å². The van der Waals surface area contributed by atoms with Gasteiger partial charge in [-0.3, -0.25) is 13.9 Å². The Labute approximate surface area is 243 Å². The summed E-state index contributed by atoms with van der Waals surface area (Å²) in [5.41, 5.74) is 3.21. The van der Waals surface area contributed by atoms with Gasteiger partial charge in [-0.1, -0.05) is 54.1 Å². The largest absolute Gasteiger partial charge is 0.477 e. The molecule has 6 rings (SSSR count). The van der Waals surface area contributed by atoms with Crippen LogP contribution in [0.4, 0.5) is 11.4 Å². The minimum atomic E-state index is -3.79. The molecule has 2 amide bonds. The van der Waals surface area contributed by atoms with Gasteiger partial charge in [0.05, 0.1) is 22.8 Å². The van der Waals surface area contributed by atoms with Crippen LogP contribution in [0, 0.1) is 0 Å². The number of rotatable bonds is 6. The highest BCUT2D eigenvalue weighted by Crippen LogP contribution is 2.37. The van der Waals surface area contributed by atoms with Crippen LogP contribution in [0.1, 0.15) is 21.5 Å². The number of para-hydroxylation sites is 2. The number of amides is 2. The van der Waals surface area contributed by atoms with Crippen LogP contribution >= 0.6 is 11.6 Å². The van der Waals surface area contributed by atoms with E-state index < -0.39 is 16.1 Å². The summed E-state index contributed by atoms with van der Waals surface area (Å²) in [5, 5.41) is 3.35. The summed E-state index contributed by atoms with van der Waals surface area (Å²) in [6.45, 7) is 0.641. The first-order valence-corrected chi connectivity index (χ1v) is 14.9. The lowest BCUT2D eigenvalue weighted by Crippen LogP contribution is -2.50. The molecule has 0 fully saturated rings. The van der Waals surface area contributed by atoms with E-state index in [4.69, 9.17) is 16.3 Å². The maximum Gasteiger partial charge on any atom is 0.264 e. The van der Waals surface area contributed by atoms with Gasteiger partial charge in [-0.05, 0) is 72.1 Å². The summed E-state index contributed by atoms with van der Waals surface area (Å²) < 4.78 is 34.0. The number of ether oxygens (including phenoxy) is 1. The van der Waals surface area contributed by atoms with Crippen molar-refractivity contribution in [2.75, 3.05) is 22.3 Å². The van der Waals surface area contributed by atoms with Crippen LogP contribution in [0.2, 0.25) is 5.02 Å². The quantitative estimate of drug-likeness (QED) is 0.349. The number of anilines is 2. The molecule has 2 aliphatic rings. The van der Waals surface area contributed by atoms with Crippen LogP contribution in [0.15, 0.2) is 102 Å². The van der Waals surface area contributed by atoms with E-state index in [1.165, 1.54) is 16.4 Å². The molecule has 0 saturated carbocycles. The smallest absolute Gasteiger partial charge is 0.264 e. The van der Waals surface area contributed by atoms with Crippen LogP contribution in [-0.4, -0.2) is 39.4 Å². The van der Waals surface area contributed by atoms with Gasteiger partial charge in [-0.25, -0.2) is 8.42 Å². The molecule has 41 heavy (non-hydrogen) atoms. The normalized spacial score (nSPS) is 16.0. The molecule has 4 aromatic rings. The SMILES string of the molecule is O=C(NCc1ccccc1)[C@H]1CN(C(=O)c2ccc3c(c2)CCN3S(=O)(=O)c2ccc(Cl)cc2)c2ccccc2O1. The van der Waals surface area contributed by atoms with Gasteiger partial charge in [0.15, 0.2) is 6.10 Å². The summed E-state index contributed by atoms with van der Waals surface area (Å²) in [4.78, 5) is 28.6. The topological polar surface area (TPSA) is 96.0 Å². The highest BCUT2D eigenvalue weighted by molar-refractivity contribution is 7.92. The molecule has 2 aliphatic heterocycles. The third-order valence-electron chi connectivity index (χ3n) is 7.20. The van der Waals surface area contributed by atoms with Crippen LogP contribution in [0.3, 0.4) is 0 Å². The average Bonchev–Trinajstić information content (AvgIpc) is 3.44. The molecule has 0 spiro atoms. The Morgan fingerprint density at radius 3 is 2.41 bits per heavy atom. The lowest BCUT2D eigenvalue weighted by molar-refractivity contribution is -0.128. The predicted molar refractivity (Wildman–Crippen MR) is 157 cm³/mol. The highest BCUT2D eigenvalue weighted by Gasteiger charge is 2.36. The summed E-state index contributed by atoms with van der Waals surface area (Å²) in [6, 6.07) is 27.7. The van der Waals surface area contributed by atoms with Crippen LogP contribution in [-0.2, 0) is 27.8 Å². The van der Waals surface area contributed by atoms with Crippen molar-refractivity contribution in [1.29, 1.82) is 0 Å². The molecule has 1 N–H and O–H groups in total. The molecule has 2 heterocycles. The van der Waals surface area contributed by atoms with Crippen molar-refractivity contribution >= 4 is 44.8 Å². The maximum atomic E-state index is 13.8. The van der Waals surface area contributed by atoms with Crippen LogP contribution < -0.4 is 19.3 Å². The van der Waals surface area contributed by atoms with Crippen molar-refractivity contribution in [2.45, 2.75) is 24.0 Å². The summed E-state index contributed by atoms with van der Waals surface area (Å²) >= 11 is 5.94. The molecule has 8 nitrogen and oxygen atoms in total. The molecule has 0 aliphatic carbocycles. The lowest BCUT2D eigenvalue weighted by Gasteiger charge is -2.34. The van der Waals surface area contributed by atoms with Gasteiger partial charge < -0.3 is 15.0 Å². The van der Waals surface area contributed by atoms with Gasteiger partial charge in [0.25, 0.3) is 21.8 Å². The number of hydrogen-bond acceptors (Lipinski definition) is 5. The van der Waals surface area contributed by atoms with E-state index in [-0.39, 0.29) is 29.8 Å². The van der Waals surface area contributed by atoms with E-state index >= 15 is 0 Å². The number of carbonyl (C=O) groups excluding carboxylic acids is 2. The van der Waals surface area contributed by atoms with E-state index in [0.29, 0.717) is 40.7 Å². The van der Waals surface area contributed by atoms with Gasteiger partial charge in [-0.15, -0.1) is 0 Å². The number of hydrogen-bond donors (Lipinski definition) is 1. The second-order valence-electron chi connectivity index (χ2n) is 9.82. The number of nitrogens with one attached hydrogen (secondary N) is 1. The van der Waals surface area contributed by atoms with Crippen molar-refractivity contribution in [3.05, 3.63) is 119 Å². The van der Waals surface area contributed by atoms with E-state index in [9.17, 15) is 18.0 Å². The minimum Gasteiger partial charge on any atom is -0.477 e. The third kappa shape index (κ3) is 5.26. The standard InChI is InChI=1S/C31H26ClN3O5S/c32-24-11-13-25(14-12-24)41(38,39)35-17-16-22-18-23(10-15-26(22)35)31(37)34-20-29(40-28-9-5-4-8-27(28)34)30(36)33-19-21-6-2-1-3-7-21/h1-15,18,29H,16-17,19-20H2,(H,33,36)/t29-/m1/s1. The molecule has 0 bridgehead atoms. The first kappa shape index (κ1) is 26.9. The molecule has 4 aromatic carbocycles. The van der Waals surface area contributed by atoms with Crippen molar-refractivity contribution in [3.8, 4) is 5.75 Å². The average molecular weight is 588 g/mol. The van der Waals surface area contributed by atoms with Gasteiger partial charge in [0, 0.05) is 23.7 Å². The van der Waals surface area contributed by atoms with Crippen molar-refractivity contribution < 1.29 is 22.7 Å². The molecule has 1 atom stereocenters. The van der Waals surface area contributed by atoms with Crippen molar-refractivity contribution in [3.63, 3.8) is 0 Å². The maximum absolute atomic E-state index is 13.8. The molecule has 0 radical (unpaired) electrons. The highest BCUT2D eigenvalue weighted by atomic mass is 35.5. The summed E-state index contributed by atoms with van der Waals surface area (Å²) in [5.74, 6) is -0.185. The van der Waals surface area contributed by atoms with Crippen LogP contribution in [0.25, 0.3) is 0 Å². The number of carbonyl (C=O) groups is 2. The Morgan fingerprint density at radius 2 is 1.63 bits per heavy atom. The molecule has 208 valence electrons. The molecule has 10 heteroatoms. The molecule has 0 aromatic heterocycles. The Kier molecular flexibility index (Phi) is 7.15. The van der Waals surface area contributed by atoms with E-state index in [2.05, 4.69) is 5.32 Å². The van der Waals surface area contributed by atoms with Crippen molar-refractivity contribution in [1.82, 2.24) is 5.32 Å². The second kappa shape index (κ2) is 10.9. The van der Waals surface area contributed by atoms with E-state index in [1.54, 1.807) is 59.5 Å². The van der Waals surface area contributed by atoms with Gasteiger partial charge in [0.2, 0.25) is 0 Å². The number of halogens is 1. The fourth-order valence-corrected chi connectivity index (χ4v) is 6.74. The Balaban J connectivity index is 1.24. The third-order valence-corrected chi connectivity index (χ3v) is 9.28. The van der Waals surface area contributed by atoms with Crippen LogP contribution in [0.5, 0.6) is 5.75 Å². The van der Waals surface area contributed by atoms with Crippen molar-refractivity contribution in [2.24, 2.45) is 0 Å². The number of sulfonamides is 1. The van der Waals surface area contributed by atoms with Gasteiger partial charge in [-0.2, -0.15) is 0 Å². The summed E-state index contributed by atoms with van der Waals surface area (Å²) in [6.07, 6.45) is -0.431. The monoisotopic (exact) mass is 587 g/mol. The fourth-order valence-electron chi connectivity index (χ4n) is 5.11. The number of nitrogens with zero attached hydrogens (tertiary/aromatic N) is 2. The fraction of sp³-hybridized carbons (Fsp3) is 0.161. The molecule has 0 saturated heterocycles. The lowest BCUT2D eigenvalue weighted by atomic mass is 10.1. The first-order valence-electron chi connectivity index (χ1n) is 13.1. The first-order chi connectivity index (χ1) is 19.8. The number of fused-ring (bicyclic) bond motifs is 2. The predicted octanol–water partition coefficient (Wildman–Crippen LogP) is 4.82. The molecular weight excluding hydrogens is 562 g/mol. The number of benzene rings is 4. The zero-order valence-corrected chi connectivity index (χ0v) is 23.4. The van der Waals surface area contributed by atoms with Gasteiger partial charge in [0.1, 0.15) is 5.75 Å². The second-order valence-corrected chi connectivity index (χ2v) is 12.1.